The molecule has 0 N–H and O–H groups in total. The van der Waals surface area contributed by atoms with Crippen molar-refractivity contribution in [3.8, 4) is 11.1 Å². The highest BCUT2D eigenvalue weighted by atomic mass is 35.5. The lowest BCUT2D eigenvalue weighted by Gasteiger charge is -2.18. The van der Waals surface area contributed by atoms with E-state index in [-0.39, 0.29) is 16.1 Å². The van der Waals surface area contributed by atoms with Crippen LogP contribution in [0.3, 0.4) is 0 Å². The number of rotatable bonds is 3. The van der Waals surface area contributed by atoms with Crippen molar-refractivity contribution < 1.29 is 8.81 Å². The van der Waals surface area contributed by atoms with E-state index in [2.05, 4.69) is 15.0 Å². The van der Waals surface area contributed by atoms with Gasteiger partial charge in [0.2, 0.25) is 5.43 Å². The van der Waals surface area contributed by atoms with Crippen LogP contribution in [0.2, 0.25) is 5.15 Å². The third kappa shape index (κ3) is 2.86. The fraction of sp³-hybridized carbons (Fsp3) is 0.0909. The topological polar surface area (TPSA) is 73.8 Å². The van der Waals surface area contributed by atoms with E-state index in [1.807, 2.05) is 6.92 Å². The number of aromatic nitrogens is 4. The van der Waals surface area contributed by atoms with Crippen molar-refractivity contribution in [2.45, 2.75) is 13.0 Å². The summed E-state index contributed by atoms with van der Waals surface area (Å²) >= 11 is 6.29. The number of imidazole rings is 1. The zero-order chi connectivity index (χ0) is 20.8. The molecule has 3 aromatic heterocycles. The van der Waals surface area contributed by atoms with Gasteiger partial charge < -0.3 is 8.98 Å². The molecule has 0 saturated carbocycles. The molecule has 3 heterocycles. The largest absolute Gasteiger partial charge is 0.458 e. The van der Waals surface area contributed by atoms with E-state index in [0.717, 1.165) is 0 Å². The molecule has 1 unspecified atom stereocenters. The summed E-state index contributed by atoms with van der Waals surface area (Å²) in [5, 5.41) is 0.657. The van der Waals surface area contributed by atoms with Gasteiger partial charge in [0, 0.05) is 0 Å². The Bertz CT molecular complexity index is 1480. The summed E-state index contributed by atoms with van der Waals surface area (Å²) < 4.78 is 21.9. The van der Waals surface area contributed by atoms with Crippen LogP contribution in [0, 0.1) is 5.82 Å². The highest BCUT2D eigenvalue weighted by Gasteiger charge is 2.24. The number of hydrogen-bond donors (Lipinski definition) is 0. The maximum atomic E-state index is 14.0. The van der Waals surface area contributed by atoms with Crippen LogP contribution >= 0.6 is 11.6 Å². The molecule has 0 amide bonds. The SMILES string of the molecule is CC(c1oc2ccccc2c(=O)c1-c1cccc(F)c1)n1cnc2ncnc(Cl)c21. The summed E-state index contributed by atoms with van der Waals surface area (Å²) in [4.78, 5) is 25.8. The van der Waals surface area contributed by atoms with Crippen molar-refractivity contribution in [1.29, 1.82) is 0 Å². The first kappa shape index (κ1) is 18.4. The molecule has 6 nitrogen and oxygen atoms in total. The predicted octanol–water partition coefficient (Wildman–Crippen LogP) is 5.00. The Morgan fingerprint density at radius 1 is 1.10 bits per heavy atom. The fourth-order valence-corrected chi connectivity index (χ4v) is 3.86. The number of para-hydroxylation sites is 1. The van der Waals surface area contributed by atoms with E-state index < -0.39 is 11.9 Å². The van der Waals surface area contributed by atoms with Crippen molar-refractivity contribution in [2.75, 3.05) is 0 Å². The van der Waals surface area contributed by atoms with Crippen LogP contribution in [0.15, 0.2) is 70.4 Å². The Morgan fingerprint density at radius 2 is 1.93 bits per heavy atom. The van der Waals surface area contributed by atoms with Crippen molar-refractivity contribution in [1.82, 2.24) is 19.5 Å². The van der Waals surface area contributed by atoms with Gasteiger partial charge in [-0.05, 0) is 36.8 Å². The van der Waals surface area contributed by atoms with Crippen LogP contribution in [0.4, 0.5) is 4.39 Å². The average Bonchev–Trinajstić information content (AvgIpc) is 3.19. The Kier molecular flexibility index (Phi) is 4.33. The minimum absolute atomic E-state index is 0.236. The second kappa shape index (κ2) is 7.03. The van der Waals surface area contributed by atoms with Gasteiger partial charge in [-0.15, -0.1) is 0 Å². The monoisotopic (exact) mass is 420 g/mol. The highest BCUT2D eigenvalue weighted by Crippen LogP contribution is 2.33. The molecular formula is C22H14ClFN4O2. The molecule has 0 aliphatic carbocycles. The van der Waals surface area contributed by atoms with E-state index in [9.17, 15) is 9.18 Å². The van der Waals surface area contributed by atoms with Gasteiger partial charge in [-0.1, -0.05) is 35.9 Å². The zero-order valence-corrected chi connectivity index (χ0v) is 16.5. The summed E-state index contributed by atoms with van der Waals surface area (Å²) in [6.07, 6.45) is 2.90. The molecule has 2 aromatic carbocycles. The molecule has 0 aliphatic heterocycles. The van der Waals surface area contributed by atoms with Crippen LogP contribution < -0.4 is 5.43 Å². The van der Waals surface area contributed by atoms with Gasteiger partial charge in [-0.25, -0.2) is 19.3 Å². The smallest absolute Gasteiger partial charge is 0.200 e. The van der Waals surface area contributed by atoms with E-state index in [1.165, 1.54) is 18.5 Å². The summed E-state index contributed by atoms with van der Waals surface area (Å²) in [6, 6.07) is 12.4. The molecule has 0 radical (unpaired) electrons. The van der Waals surface area contributed by atoms with Gasteiger partial charge in [-0.3, -0.25) is 4.79 Å². The Morgan fingerprint density at radius 3 is 2.77 bits per heavy atom. The lowest BCUT2D eigenvalue weighted by atomic mass is 9.99. The standard InChI is InChI=1S/C22H14ClFN4O2/c1-12(28-11-27-22-18(28)21(23)25-10-26-22)20-17(13-5-4-6-14(24)9-13)19(29)15-7-2-3-8-16(15)30-20/h2-12H,1H3. The fourth-order valence-electron chi connectivity index (χ4n) is 3.63. The first-order valence-corrected chi connectivity index (χ1v) is 9.57. The average molecular weight is 421 g/mol. The van der Waals surface area contributed by atoms with Crippen LogP contribution in [-0.4, -0.2) is 19.5 Å². The molecule has 5 aromatic rings. The highest BCUT2D eigenvalue weighted by molar-refractivity contribution is 6.33. The Labute approximate surface area is 174 Å². The van der Waals surface area contributed by atoms with Gasteiger partial charge in [-0.2, -0.15) is 0 Å². The third-order valence-corrected chi connectivity index (χ3v) is 5.33. The molecule has 8 heteroatoms. The van der Waals surface area contributed by atoms with Crippen LogP contribution in [0.1, 0.15) is 18.7 Å². The van der Waals surface area contributed by atoms with Gasteiger partial charge >= 0.3 is 0 Å². The third-order valence-electron chi connectivity index (χ3n) is 5.06. The second-order valence-electron chi connectivity index (χ2n) is 6.84. The Balaban J connectivity index is 1.83. The molecule has 5 rings (SSSR count). The molecular weight excluding hydrogens is 407 g/mol. The predicted molar refractivity (Wildman–Crippen MR) is 112 cm³/mol. The van der Waals surface area contributed by atoms with Gasteiger partial charge in [0.15, 0.2) is 10.8 Å². The normalized spacial score (nSPS) is 12.5. The van der Waals surface area contributed by atoms with Crippen LogP contribution in [0.5, 0.6) is 0 Å². The molecule has 148 valence electrons. The number of hydrogen-bond acceptors (Lipinski definition) is 5. The van der Waals surface area contributed by atoms with Crippen molar-refractivity contribution in [3.05, 3.63) is 88.1 Å². The van der Waals surface area contributed by atoms with Crippen molar-refractivity contribution in [2.24, 2.45) is 0 Å². The summed E-state index contributed by atoms with van der Waals surface area (Å²) in [7, 11) is 0. The number of fused-ring (bicyclic) bond motifs is 2. The summed E-state index contributed by atoms with van der Waals surface area (Å²) in [5.41, 5.74) is 1.87. The van der Waals surface area contributed by atoms with E-state index in [4.69, 9.17) is 16.0 Å². The lowest BCUT2D eigenvalue weighted by Crippen LogP contribution is -2.15. The Hall–Kier alpha value is -3.58. The van der Waals surface area contributed by atoms with E-state index in [1.54, 1.807) is 47.3 Å². The van der Waals surface area contributed by atoms with Crippen molar-refractivity contribution in [3.63, 3.8) is 0 Å². The van der Waals surface area contributed by atoms with Crippen LogP contribution in [0.25, 0.3) is 33.3 Å². The minimum atomic E-state index is -0.492. The zero-order valence-electron chi connectivity index (χ0n) is 15.7. The number of benzene rings is 2. The van der Waals surface area contributed by atoms with Gasteiger partial charge in [0.25, 0.3) is 0 Å². The van der Waals surface area contributed by atoms with Crippen molar-refractivity contribution >= 4 is 33.7 Å². The summed E-state index contributed by atoms with van der Waals surface area (Å²) in [5.74, 6) is -0.0771. The van der Waals surface area contributed by atoms with E-state index >= 15 is 0 Å². The van der Waals surface area contributed by atoms with E-state index in [0.29, 0.717) is 33.5 Å². The van der Waals surface area contributed by atoms with Crippen LogP contribution in [-0.2, 0) is 0 Å². The molecule has 1 atom stereocenters. The van der Waals surface area contributed by atoms with Gasteiger partial charge in [0.1, 0.15) is 29.0 Å². The first-order chi connectivity index (χ1) is 14.5. The molecule has 0 saturated heterocycles. The number of nitrogens with zero attached hydrogens (tertiary/aromatic N) is 4. The molecule has 30 heavy (non-hydrogen) atoms. The minimum Gasteiger partial charge on any atom is -0.458 e. The first-order valence-electron chi connectivity index (χ1n) is 9.19. The maximum absolute atomic E-state index is 14.0. The number of halogens is 2. The van der Waals surface area contributed by atoms with Gasteiger partial charge in [0.05, 0.1) is 23.3 Å². The molecule has 0 fully saturated rings. The summed E-state index contributed by atoms with van der Waals surface area (Å²) in [6.45, 7) is 1.85. The second-order valence-corrected chi connectivity index (χ2v) is 7.20. The molecule has 0 spiro atoms. The quantitative estimate of drug-likeness (QED) is 0.384. The maximum Gasteiger partial charge on any atom is 0.200 e. The molecule has 0 bridgehead atoms. The lowest BCUT2D eigenvalue weighted by molar-refractivity contribution is 0.469. The molecule has 0 aliphatic rings.